The standard InChI is InChI=1S/C21H22F2N6O.ClH/c1-14-13-28(9-10-29(14)18-11-15(22)3-4-17(18)23)8-5-19(30)16-12-26-27-20(16)21-24-6-2-7-25-21;/h2-4,6-7,11-12,14H,5,8-10,13H2,1H3,(H,26,27);1H. The Bertz CT molecular complexity index is 1030. The first-order valence-corrected chi connectivity index (χ1v) is 9.81. The fourth-order valence-corrected chi connectivity index (χ4v) is 3.79. The molecule has 1 aliphatic rings. The molecule has 0 bridgehead atoms. The first-order chi connectivity index (χ1) is 14.5. The summed E-state index contributed by atoms with van der Waals surface area (Å²) in [5.41, 5.74) is 1.19. The maximum atomic E-state index is 14.1. The van der Waals surface area contributed by atoms with Gasteiger partial charge in [-0.1, -0.05) is 0 Å². The van der Waals surface area contributed by atoms with Crippen molar-refractivity contribution in [2.45, 2.75) is 19.4 Å². The highest BCUT2D eigenvalue weighted by atomic mass is 35.5. The molecule has 4 rings (SSSR count). The number of piperazine rings is 1. The molecule has 0 spiro atoms. The van der Waals surface area contributed by atoms with Crippen LogP contribution in [0.15, 0.2) is 42.9 Å². The predicted molar refractivity (Wildman–Crippen MR) is 115 cm³/mol. The number of carbonyl (C=O) groups excluding carboxylic acids is 1. The fourth-order valence-electron chi connectivity index (χ4n) is 3.79. The fraction of sp³-hybridized carbons (Fsp3) is 0.333. The molecule has 3 aromatic rings. The second-order valence-corrected chi connectivity index (χ2v) is 7.33. The highest BCUT2D eigenvalue weighted by molar-refractivity contribution is 6.00. The van der Waals surface area contributed by atoms with Crippen LogP contribution in [-0.4, -0.2) is 63.1 Å². The zero-order valence-corrected chi connectivity index (χ0v) is 17.8. The Hall–Kier alpha value is -2.91. The number of aromatic nitrogens is 4. The molecule has 1 atom stereocenters. The lowest BCUT2D eigenvalue weighted by Gasteiger charge is -2.41. The molecule has 31 heavy (non-hydrogen) atoms. The molecule has 1 unspecified atom stereocenters. The van der Waals surface area contributed by atoms with Gasteiger partial charge in [0.25, 0.3) is 0 Å². The summed E-state index contributed by atoms with van der Waals surface area (Å²) < 4.78 is 27.7. The third kappa shape index (κ3) is 5.05. The van der Waals surface area contributed by atoms with Crippen molar-refractivity contribution in [2.75, 3.05) is 31.1 Å². The maximum Gasteiger partial charge on any atom is 0.180 e. The molecule has 2 aromatic heterocycles. The van der Waals surface area contributed by atoms with E-state index in [4.69, 9.17) is 0 Å². The Morgan fingerprint density at radius 3 is 2.74 bits per heavy atom. The van der Waals surface area contributed by atoms with Crippen LogP contribution in [0.4, 0.5) is 14.5 Å². The van der Waals surface area contributed by atoms with E-state index in [1.54, 1.807) is 24.7 Å². The van der Waals surface area contributed by atoms with Crippen molar-refractivity contribution in [3.63, 3.8) is 0 Å². The summed E-state index contributed by atoms with van der Waals surface area (Å²) >= 11 is 0. The van der Waals surface area contributed by atoms with E-state index in [-0.39, 0.29) is 29.9 Å². The van der Waals surface area contributed by atoms with Crippen LogP contribution < -0.4 is 4.90 Å². The minimum absolute atomic E-state index is 0. The van der Waals surface area contributed by atoms with Gasteiger partial charge in [-0.05, 0) is 25.1 Å². The molecule has 0 aliphatic carbocycles. The Balaban J connectivity index is 0.00000272. The van der Waals surface area contributed by atoms with Gasteiger partial charge < -0.3 is 4.90 Å². The molecule has 7 nitrogen and oxygen atoms in total. The Morgan fingerprint density at radius 1 is 1.23 bits per heavy atom. The highest BCUT2D eigenvalue weighted by Crippen LogP contribution is 2.25. The van der Waals surface area contributed by atoms with Gasteiger partial charge in [0.2, 0.25) is 0 Å². The van der Waals surface area contributed by atoms with Crippen molar-refractivity contribution >= 4 is 23.9 Å². The van der Waals surface area contributed by atoms with E-state index in [9.17, 15) is 13.6 Å². The van der Waals surface area contributed by atoms with Crippen LogP contribution in [0.3, 0.4) is 0 Å². The minimum atomic E-state index is -0.454. The number of hydrogen-bond acceptors (Lipinski definition) is 6. The number of Topliss-reactive ketones (excluding diaryl/α,β-unsaturated/α-hetero) is 1. The lowest BCUT2D eigenvalue weighted by atomic mass is 10.1. The number of ketones is 1. The summed E-state index contributed by atoms with van der Waals surface area (Å²) in [5.74, 6) is -0.522. The van der Waals surface area contributed by atoms with Crippen LogP contribution in [0.1, 0.15) is 23.7 Å². The molecule has 3 heterocycles. The second kappa shape index (κ2) is 9.93. The third-order valence-corrected chi connectivity index (χ3v) is 5.30. The summed E-state index contributed by atoms with van der Waals surface area (Å²) in [6, 6.07) is 5.20. The number of anilines is 1. The normalized spacial score (nSPS) is 16.7. The predicted octanol–water partition coefficient (Wildman–Crippen LogP) is 3.35. The molecule has 10 heteroatoms. The second-order valence-electron chi connectivity index (χ2n) is 7.33. The van der Waals surface area contributed by atoms with Gasteiger partial charge in [0.15, 0.2) is 11.6 Å². The zero-order valence-electron chi connectivity index (χ0n) is 17.0. The van der Waals surface area contributed by atoms with Crippen molar-refractivity contribution in [1.82, 2.24) is 25.1 Å². The molecule has 1 fully saturated rings. The van der Waals surface area contributed by atoms with Gasteiger partial charge in [-0.25, -0.2) is 18.7 Å². The SMILES string of the molecule is CC1CN(CCC(=O)c2c[nH]nc2-c2ncccn2)CCN1c1cc(F)ccc1F.Cl. The highest BCUT2D eigenvalue weighted by Gasteiger charge is 2.27. The van der Waals surface area contributed by atoms with E-state index in [2.05, 4.69) is 25.1 Å². The maximum absolute atomic E-state index is 14.1. The molecule has 1 N–H and O–H groups in total. The average molecular weight is 449 g/mol. The molecule has 0 saturated carbocycles. The first kappa shape index (κ1) is 22.8. The van der Waals surface area contributed by atoms with Gasteiger partial charge in [0.1, 0.15) is 17.3 Å². The third-order valence-electron chi connectivity index (χ3n) is 5.30. The Morgan fingerprint density at radius 2 is 2.00 bits per heavy atom. The number of rotatable bonds is 6. The smallest absolute Gasteiger partial charge is 0.180 e. The van der Waals surface area contributed by atoms with Crippen LogP contribution in [0.2, 0.25) is 0 Å². The van der Waals surface area contributed by atoms with Gasteiger partial charge in [-0.15, -0.1) is 12.4 Å². The summed E-state index contributed by atoms with van der Waals surface area (Å²) in [6.45, 7) is 4.42. The summed E-state index contributed by atoms with van der Waals surface area (Å²) in [7, 11) is 0. The van der Waals surface area contributed by atoms with Crippen LogP contribution >= 0.6 is 12.4 Å². The number of carbonyl (C=O) groups is 1. The quantitative estimate of drug-likeness (QED) is 0.583. The number of benzene rings is 1. The lowest BCUT2D eigenvalue weighted by molar-refractivity contribution is 0.0959. The van der Waals surface area contributed by atoms with Crippen molar-refractivity contribution in [2.24, 2.45) is 0 Å². The number of nitrogens with zero attached hydrogens (tertiary/aromatic N) is 5. The molecule has 0 amide bonds. The number of H-pyrrole nitrogens is 1. The van der Waals surface area contributed by atoms with Gasteiger partial charge in [-0.2, -0.15) is 5.10 Å². The zero-order chi connectivity index (χ0) is 21.1. The first-order valence-electron chi connectivity index (χ1n) is 9.81. The summed E-state index contributed by atoms with van der Waals surface area (Å²) in [5, 5.41) is 6.84. The van der Waals surface area contributed by atoms with Crippen LogP contribution in [0.5, 0.6) is 0 Å². The number of nitrogens with one attached hydrogen (secondary N) is 1. The van der Waals surface area contributed by atoms with Crippen LogP contribution in [0, 0.1) is 11.6 Å². The van der Waals surface area contributed by atoms with E-state index in [0.29, 0.717) is 49.7 Å². The van der Waals surface area contributed by atoms with Crippen molar-refractivity contribution in [3.05, 3.63) is 60.1 Å². The monoisotopic (exact) mass is 448 g/mol. The van der Waals surface area contributed by atoms with Gasteiger partial charge >= 0.3 is 0 Å². The molecular weight excluding hydrogens is 426 g/mol. The molecule has 0 radical (unpaired) electrons. The lowest BCUT2D eigenvalue weighted by Crippen LogP contribution is -2.52. The average Bonchev–Trinajstić information content (AvgIpc) is 3.25. The minimum Gasteiger partial charge on any atom is -0.364 e. The van der Waals surface area contributed by atoms with Crippen LogP contribution in [0.25, 0.3) is 11.5 Å². The molecule has 1 aromatic carbocycles. The largest absolute Gasteiger partial charge is 0.364 e. The Labute approximate surface area is 184 Å². The molecule has 1 saturated heterocycles. The van der Waals surface area contributed by atoms with E-state index in [0.717, 1.165) is 12.1 Å². The Kier molecular flexibility index (Phi) is 7.29. The topological polar surface area (TPSA) is 78.0 Å². The van der Waals surface area contributed by atoms with Crippen molar-refractivity contribution < 1.29 is 13.6 Å². The van der Waals surface area contributed by atoms with Gasteiger partial charge in [0, 0.05) is 63.3 Å². The van der Waals surface area contributed by atoms with E-state index in [1.807, 2.05) is 11.8 Å². The van der Waals surface area contributed by atoms with Crippen molar-refractivity contribution in [3.8, 4) is 11.5 Å². The molecular formula is C21H23ClF2N6O. The van der Waals surface area contributed by atoms with E-state index >= 15 is 0 Å². The van der Waals surface area contributed by atoms with Gasteiger partial charge in [0.05, 0.1) is 11.3 Å². The molecule has 1 aliphatic heterocycles. The number of halogens is 3. The number of hydrogen-bond donors (Lipinski definition) is 1. The van der Waals surface area contributed by atoms with E-state index < -0.39 is 11.6 Å². The van der Waals surface area contributed by atoms with Crippen molar-refractivity contribution in [1.29, 1.82) is 0 Å². The van der Waals surface area contributed by atoms with Crippen LogP contribution in [-0.2, 0) is 0 Å². The summed E-state index contributed by atoms with van der Waals surface area (Å²) in [4.78, 5) is 25.1. The summed E-state index contributed by atoms with van der Waals surface area (Å²) in [6.07, 6.45) is 5.10. The molecule has 164 valence electrons. The van der Waals surface area contributed by atoms with Gasteiger partial charge in [-0.3, -0.25) is 14.8 Å². The number of aromatic amines is 1. The van der Waals surface area contributed by atoms with E-state index in [1.165, 1.54) is 6.07 Å².